The van der Waals surface area contributed by atoms with Crippen molar-refractivity contribution in [2.24, 2.45) is 0 Å². The van der Waals surface area contributed by atoms with Gasteiger partial charge in [-0.05, 0) is 33.6 Å². The number of thioether (sulfide) groups is 1. The van der Waals surface area contributed by atoms with E-state index in [9.17, 15) is 5.11 Å². The van der Waals surface area contributed by atoms with E-state index in [0.717, 1.165) is 28.8 Å². The van der Waals surface area contributed by atoms with Crippen molar-refractivity contribution in [3.8, 4) is 0 Å². The molecule has 0 aliphatic heterocycles. The van der Waals surface area contributed by atoms with Crippen molar-refractivity contribution in [3.63, 3.8) is 0 Å². The predicted molar refractivity (Wildman–Crippen MR) is 79.9 cm³/mol. The van der Waals surface area contributed by atoms with Gasteiger partial charge in [0.2, 0.25) is 0 Å². The fraction of sp³-hybridized carbons (Fsp3) is 0.714. The second-order valence-corrected chi connectivity index (χ2v) is 6.59. The number of rotatable bonds is 6. The number of aromatic nitrogens is 2. The van der Waals surface area contributed by atoms with E-state index in [4.69, 9.17) is 4.98 Å². The molecule has 1 aromatic rings. The number of hydrogen-bond acceptors (Lipinski definition) is 5. The van der Waals surface area contributed by atoms with Crippen LogP contribution >= 0.6 is 11.8 Å². The fourth-order valence-electron chi connectivity index (χ4n) is 1.77. The Hall–Kier alpha value is -0.810. The van der Waals surface area contributed by atoms with Gasteiger partial charge in [-0.1, -0.05) is 6.92 Å². The molecule has 2 atom stereocenters. The van der Waals surface area contributed by atoms with Crippen LogP contribution in [0, 0.1) is 6.92 Å². The van der Waals surface area contributed by atoms with Gasteiger partial charge in [0, 0.05) is 23.3 Å². The van der Waals surface area contributed by atoms with Crippen LogP contribution in [0.5, 0.6) is 0 Å². The summed E-state index contributed by atoms with van der Waals surface area (Å²) in [6, 6.07) is 0. The van der Waals surface area contributed by atoms with E-state index in [-0.39, 0.29) is 11.4 Å². The van der Waals surface area contributed by atoms with Crippen LogP contribution in [0.25, 0.3) is 0 Å². The third kappa shape index (κ3) is 3.60. The highest BCUT2D eigenvalue weighted by molar-refractivity contribution is 7.99. The van der Waals surface area contributed by atoms with Crippen LogP contribution in [0.4, 0.5) is 5.82 Å². The van der Waals surface area contributed by atoms with Crippen molar-refractivity contribution in [3.05, 3.63) is 11.4 Å². The average Bonchev–Trinajstić information content (AvgIpc) is 3.18. The van der Waals surface area contributed by atoms with Crippen LogP contribution in [0.3, 0.4) is 0 Å². The summed E-state index contributed by atoms with van der Waals surface area (Å²) in [5.74, 6) is 2.45. The molecular formula is C14H23N3OS. The minimum absolute atomic E-state index is 0.134. The van der Waals surface area contributed by atoms with Crippen molar-refractivity contribution in [2.75, 3.05) is 11.9 Å². The van der Waals surface area contributed by atoms with E-state index in [0.29, 0.717) is 5.92 Å². The summed E-state index contributed by atoms with van der Waals surface area (Å²) in [6.45, 7) is 8.83. The summed E-state index contributed by atoms with van der Waals surface area (Å²) in [4.78, 5) is 9.34. The summed E-state index contributed by atoms with van der Waals surface area (Å²) < 4.78 is 0. The van der Waals surface area contributed by atoms with Crippen LogP contribution in [0.1, 0.15) is 50.9 Å². The molecule has 4 nitrogen and oxygen atoms in total. The molecule has 2 unspecified atom stereocenters. The maximum absolute atomic E-state index is 9.66. The third-order valence-corrected chi connectivity index (χ3v) is 4.77. The van der Waals surface area contributed by atoms with Crippen LogP contribution in [-0.2, 0) is 0 Å². The summed E-state index contributed by atoms with van der Waals surface area (Å²) in [7, 11) is 0. The molecule has 0 bridgehead atoms. The van der Waals surface area contributed by atoms with Gasteiger partial charge in [0.05, 0.1) is 6.10 Å². The maximum atomic E-state index is 9.66. The van der Waals surface area contributed by atoms with Crippen molar-refractivity contribution in [1.82, 2.24) is 9.97 Å². The lowest BCUT2D eigenvalue weighted by Gasteiger charge is -2.17. The van der Waals surface area contributed by atoms with Gasteiger partial charge in [0.15, 0.2) is 0 Å². The monoisotopic (exact) mass is 281 g/mol. The van der Waals surface area contributed by atoms with Gasteiger partial charge in [0.1, 0.15) is 16.7 Å². The van der Waals surface area contributed by atoms with Crippen molar-refractivity contribution in [2.45, 2.75) is 62.8 Å². The van der Waals surface area contributed by atoms with Gasteiger partial charge in [-0.15, -0.1) is 11.8 Å². The lowest BCUT2D eigenvalue weighted by atomic mass is 10.3. The highest BCUT2D eigenvalue weighted by atomic mass is 32.2. The second-order valence-electron chi connectivity index (χ2n) is 5.23. The Kier molecular flexibility index (Phi) is 4.68. The summed E-state index contributed by atoms with van der Waals surface area (Å²) in [6.07, 6.45) is 2.06. The van der Waals surface area contributed by atoms with Crippen LogP contribution < -0.4 is 5.32 Å². The van der Waals surface area contributed by atoms with Crippen LogP contribution in [-0.4, -0.2) is 33.0 Å². The summed E-state index contributed by atoms with van der Waals surface area (Å²) in [5.41, 5.74) is 1.09. The fourth-order valence-corrected chi connectivity index (χ4v) is 2.73. The number of aliphatic hydroxyl groups is 1. The molecule has 0 saturated heterocycles. The molecule has 1 saturated carbocycles. The number of hydrogen-bond donors (Lipinski definition) is 2. The second kappa shape index (κ2) is 6.09. The van der Waals surface area contributed by atoms with Gasteiger partial charge < -0.3 is 10.4 Å². The van der Waals surface area contributed by atoms with E-state index in [2.05, 4.69) is 17.2 Å². The Morgan fingerprint density at radius 3 is 2.58 bits per heavy atom. The zero-order valence-corrected chi connectivity index (χ0v) is 12.9. The van der Waals surface area contributed by atoms with E-state index >= 15 is 0 Å². The van der Waals surface area contributed by atoms with Crippen LogP contribution in [0.2, 0.25) is 0 Å². The Labute approximate surface area is 119 Å². The Balaban J connectivity index is 2.28. The van der Waals surface area contributed by atoms with E-state index in [1.165, 1.54) is 12.8 Å². The van der Waals surface area contributed by atoms with E-state index in [1.807, 2.05) is 20.8 Å². The Morgan fingerprint density at radius 2 is 2.05 bits per heavy atom. The highest BCUT2D eigenvalue weighted by Crippen LogP contribution is 2.40. The van der Waals surface area contributed by atoms with Gasteiger partial charge in [-0.25, -0.2) is 9.97 Å². The highest BCUT2D eigenvalue weighted by Gasteiger charge is 2.28. The Bertz CT molecular complexity index is 447. The summed E-state index contributed by atoms with van der Waals surface area (Å²) in [5, 5.41) is 14.1. The van der Waals surface area contributed by atoms with Gasteiger partial charge >= 0.3 is 0 Å². The summed E-state index contributed by atoms with van der Waals surface area (Å²) >= 11 is 1.64. The van der Waals surface area contributed by atoms with E-state index in [1.54, 1.807) is 11.8 Å². The molecule has 2 N–H and O–H groups in total. The third-order valence-electron chi connectivity index (χ3n) is 3.38. The molecule has 2 rings (SSSR count). The SMILES string of the molecule is CCNc1nc(C2CC2)nc(SC(C)C(C)O)c1C. The Morgan fingerprint density at radius 1 is 1.37 bits per heavy atom. The zero-order valence-electron chi connectivity index (χ0n) is 12.1. The zero-order chi connectivity index (χ0) is 14.0. The number of nitrogens with one attached hydrogen (secondary N) is 1. The first-order chi connectivity index (χ1) is 9.02. The molecule has 5 heteroatoms. The molecule has 1 heterocycles. The maximum Gasteiger partial charge on any atom is 0.135 e. The topological polar surface area (TPSA) is 58.0 Å². The van der Waals surface area contributed by atoms with Gasteiger partial charge in [0.25, 0.3) is 0 Å². The molecule has 19 heavy (non-hydrogen) atoms. The molecule has 0 spiro atoms. The number of nitrogens with zero attached hydrogens (tertiary/aromatic N) is 2. The molecular weight excluding hydrogens is 258 g/mol. The normalized spacial score (nSPS) is 18.2. The van der Waals surface area contributed by atoms with Gasteiger partial charge in [-0.2, -0.15) is 0 Å². The van der Waals surface area contributed by atoms with Crippen LogP contribution in [0.15, 0.2) is 5.03 Å². The first kappa shape index (κ1) is 14.6. The molecule has 1 aliphatic carbocycles. The molecule has 0 aromatic carbocycles. The predicted octanol–water partition coefficient (Wildman–Crippen LogP) is 2.96. The molecule has 0 radical (unpaired) electrons. The van der Waals surface area contributed by atoms with Crippen molar-refractivity contribution < 1.29 is 5.11 Å². The standard InChI is InChI=1S/C14H23N3OS/c1-5-15-12-8(2)14(19-10(4)9(3)18)17-13(16-12)11-6-7-11/h9-11,18H,5-7H2,1-4H3,(H,15,16,17). The van der Waals surface area contributed by atoms with Crippen molar-refractivity contribution >= 4 is 17.6 Å². The molecule has 1 aromatic heterocycles. The van der Waals surface area contributed by atoms with Gasteiger partial charge in [-0.3, -0.25) is 0 Å². The number of anilines is 1. The molecule has 1 aliphatic rings. The first-order valence-corrected chi connectivity index (χ1v) is 7.88. The lowest BCUT2D eigenvalue weighted by molar-refractivity contribution is 0.196. The number of aliphatic hydroxyl groups excluding tert-OH is 1. The van der Waals surface area contributed by atoms with E-state index < -0.39 is 0 Å². The lowest BCUT2D eigenvalue weighted by Crippen LogP contribution is -2.16. The minimum atomic E-state index is -0.341. The molecule has 106 valence electrons. The molecule has 0 amide bonds. The average molecular weight is 281 g/mol. The quantitative estimate of drug-likeness (QED) is 0.620. The van der Waals surface area contributed by atoms with Crippen molar-refractivity contribution in [1.29, 1.82) is 0 Å². The first-order valence-electron chi connectivity index (χ1n) is 7.00. The smallest absolute Gasteiger partial charge is 0.135 e. The largest absolute Gasteiger partial charge is 0.392 e. The minimum Gasteiger partial charge on any atom is -0.392 e. The molecule has 1 fully saturated rings.